The van der Waals surface area contributed by atoms with Crippen LogP contribution in [0.25, 0.3) is 11.7 Å². The van der Waals surface area contributed by atoms with Crippen LogP contribution < -0.4 is 5.32 Å². The Morgan fingerprint density at radius 2 is 2.36 bits per heavy atom. The third kappa shape index (κ3) is 3.44. The van der Waals surface area contributed by atoms with Gasteiger partial charge in [0.15, 0.2) is 0 Å². The maximum atomic E-state index is 11.7. The van der Waals surface area contributed by atoms with Crippen LogP contribution in [-0.4, -0.2) is 21.8 Å². The number of amides is 1. The van der Waals surface area contributed by atoms with Crippen LogP contribution in [0.1, 0.15) is 17.0 Å². The van der Waals surface area contributed by atoms with Crippen LogP contribution in [0.3, 0.4) is 0 Å². The van der Waals surface area contributed by atoms with E-state index >= 15 is 0 Å². The monoisotopic (exact) mass is 295 g/mol. The van der Waals surface area contributed by atoms with Crippen molar-refractivity contribution in [1.29, 1.82) is 0 Å². The number of hydrogen-bond donors (Lipinski definition) is 1. The van der Waals surface area contributed by atoms with E-state index in [0.717, 1.165) is 11.3 Å². The lowest BCUT2D eigenvalue weighted by Crippen LogP contribution is -2.23. The van der Waals surface area contributed by atoms with Crippen molar-refractivity contribution in [3.63, 3.8) is 0 Å². The van der Waals surface area contributed by atoms with Gasteiger partial charge in [-0.15, -0.1) is 0 Å². The summed E-state index contributed by atoms with van der Waals surface area (Å²) in [6.07, 6.45) is 9.35. The van der Waals surface area contributed by atoms with Gasteiger partial charge in [0.05, 0.1) is 12.0 Å². The fourth-order valence-corrected chi connectivity index (χ4v) is 2.17. The molecule has 0 aromatic carbocycles. The Labute approximate surface area is 128 Å². The lowest BCUT2D eigenvalue weighted by atomic mass is 10.3. The number of furan rings is 1. The zero-order chi connectivity index (χ0) is 15.4. The molecule has 5 nitrogen and oxygen atoms in total. The van der Waals surface area contributed by atoms with E-state index < -0.39 is 0 Å². The molecule has 0 spiro atoms. The molecular formula is C17H17N3O2. The fourth-order valence-electron chi connectivity index (χ4n) is 2.17. The van der Waals surface area contributed by atoms with Crippen molar-refractivity contribution < 1.29 is 9.21 Å². The van der Waals surface area contributed by atoms with Gasteiger partial charge >= 0.3 is 0 Å². The van der Waals surface area contributed by atoms with E-state index in [1.807, 2.05) is 35.9 Å². The highest BCUT2D eigenvalue weighted by Gasteiger charge is 2.02. The summed E-state index contributed by atoms with van der Waals surface area (Å²) in [6.45, 7) is 2.59. The van der Waals surface area contributed by atoms with E-state index in [9.17, 15) is 4.79 Å². The van der Waals surface area contributed by atoms with E-state index in [0.29, 0.717) is 18.7 Å². The number of nitrogens with one attached hydrogen (secondary N) is 1. The van der Waals surface area contributed by atoms with Gasteiger partial charge in [0.25, 0.3) is 0 Å². The number of pyridine rings is 1. The number of aryl methyl sites for hydroxylation is 1. The zero-order valence-electron chi connectivity index (χ0n) is 12.3. The molecule has 0 saturated carbocycles. The molecule has 1 amide bonds. The smallest absolute Gasteiger partial charge is 0.244 e. The minimum absolute atomic E-state index is 0.143. The number of nitrogens with zero attached hydrogens (tertiary/aromatic N) is 2. The fraction of sp³-hybridized carbons (Fsp3) is 0.176. The van der Waals surface area contributed by atoms with Crippen LogP contribution in [0.15, 0.2) is 53.4 Å². The molecule has 22 heavy (non-hydrogen) atoms. The molecule has 0 aliphatic heterocycles. The SMILES string of the molecule is Cc1ccn2cc(CCNC(=O)/C=C/c3ccco3)nc2c1. The van der Waals surface area contributed by atoms with Gasteiger partial charge in [0, 0.05) is 31.4 Å². The summed E-state index contributed by atoms with van der Waals surface area (Å²) in [5.41, 5.74) is 3.07. The summed E-state index contributed by atoms with van der Waals surface area (Å²) in [6, 6.07) is 7.65. The van der Waals surface area contributed by atoms with Crippen molar-refractivity contribution in [2.24, 2.45) is 0 Å². The highest BCUT2D eigenvalue weighted by atomic mass is 16.3. The predicted octanol–water partition coefficient (Wildman–Crippen LogP) is 2.61. The van der Waals surface area contributed by atoms with Crippen LogP contribution in [0.4, 0.5) is 0 Å². The number of imidazole rings is 1. The first-order valence-electron chi connectivity index (χ1n) is 7.14. The second-order valence-electron chi connectivity index (χ2n) is 5.09. The van der Waals surface area contributed by atoms with E-state index in [2.05, 4.69) is 10.3 Å². The highest BCUT2D eigenvalue weighted by Crippen LogP contribution is 2.08. The first-order valence-corrected chi connectivity index (χ1v) is 7.14. The van der Waals surface area contributed by atoms with Crippen molar-refractivity contribution in [2.75, 3.05) is 6.54 Å². The predicted molar refractivity (Wildman–Crippen MR) is 84.4 cm³/mol. The summed E-state index contributed by atoms with van der Waals surface area (Å²) in [5, 5.41) is 2.83. The largest absolute Gasteiger partial charge is 0.465 e. The van der Waals surface area contributed by atoms with E-state index in [1.165, 1.54) is 11.6 Å². The van der Waals surface area contributed by atoms with E-state index in [-0.39, 0.29) is 5.91 Å². The lowest BCUT2D eigenvalue weighted by molar-refractivity contribution is -0.116. The minimum Gasteiger partial charge on any atom is -0.465 e. The van der Waals surface area contributed by atoms with Crippen LogP contribution in [-0.2, 0) is 11.2 Å². The second-order valence-corrected chi connectivity index (χ2v) is 5.09. The number of aromatic nitrogens is 2. The molecule has 0 unspecified atom stereocenters. The number of hydrogen-bond acceptors (Lipinski definition) is 3. The Hall–Kier alpha value is -2.82. The standard InChI is InChI=1S/C17H17N3O2/c1-13-7-9-20-12-14(19-16(20)11-13)6-8-18-17(21)5-4-15-3-2-10-22-15/h2-5,7,9-12H,6,8H2,1H3,(H,18,21)/b5-4+. The van der Waals surface area contributed by atoms with Crippen molar-refractivity contribution in [3.05, 3.63) is 66.0 Å². The molecule has 0 atom stereocenters. The van der Waals surface area contributed by atoms with Crippen molar-refractivity contribution in [2.45, 2.75) is 13.3 Å². The molecule has 0 saturated heterocycles. The maximum absolute atomic E-state index is 11.7. The molecule has 0 bridgehead atoms. The van der Waals surface area contributed by atoms with Crippen LogP contribution in [0.2, 0.25) is 0 Å². The van der Waals surface area contributed by atoms with Crippen LogP contribution >= 0.6 is 0 Å². The Kier molecular flexibility index (Phi) is 4.05. The average Bonchev–Trinajstić information content (AvgIpc) is 3.13. The van der Waals surface area contributed by atoms with Gasteiger partial charge in [0.1, 0.15) is 11.4 Å². The van der Waals surface area contributed by atoms with E-state index in [1.54, 1.807) is 24.5 Å². The quantitative estimate of drug-likeness (QED) is 0.736. The number of fused-ring (bicyclic) bond motifs is 1. The third-order valence-corrected chi connectivity index (χ3v) is 3.29. The molecule has 3 aromatic heterocycles. The summed E-state index contributed by atoms with van der Waals surface area (Å²) >= 11 is 0. The van der Waals surface area contributed by atoms with Crippen LogP contribution in [0.5, 0.6) is 0 Å². The molecule has 3 heterocycles. The maximum Gasteiger partial charge on any atom is 0.244 e. The second kappa shape index (κ2) is 6.30. The Balaban J connectivity index is 1.52. The Bertz CT molecular complexity index is 801. The molecule has 3 rings (SSSR count). The molecule has 0 aliphatic rings. The zero-order valence-corrected chi connectivity index (χ0v) is 12.3. The number of rotatable bonds is 5. The minimum atomic E-state index is -0.143. The molecular weight excluding hydrogens is 278 g/mol. The van der Waals surface area contributed by atoms with Crippen molar-refractivity contribution in [1.82, 2.24) is 14.7 Å². The summed E-state index contributed by atoms with van der Waals surface area (Å²) in [7, 11) is 0. The van der Waals surface area contributed by atoms with Gasteiger partial charge in [-0.2, -0.15) is 0 Å². The number of carbonyl (C=O) groups excluding carboxylic acids is 1. The normalized spacial score (nSPS) is 11.3. The van der Waals surface area contributed by atoms with Crippen molar-refractivity contribution >= 4 is 17.6 Å². The molecule has 1 N–H and O–H groups in total. The van der Waals surface area contributed by atoms with Gasteiger partial charge < -0.3 is 14.1 Å². The van der Waals surface area contributed by atoms with Gasteiger partial charge in [-0.1, -0.05) is 0 Å². The van der Waals surface area contributed by atoms with Gasteiger partial charge in [-0.25, -0.2) is 4.98 Å². The topological polar surface area (TPSA) is 59.5 Å². The van der Waals surface area contributed by atoms with Crippen LogP contribution in [0, 0.1) is 6.92 Å². The number of carbonyl (C=O) groups is 1. The summed E-state index contributed by atoms with van der Waals surface area (Å²) < 4.78 is 7.11. The van der Waals surface area contributed by atoms with E-state index in [4.69, 9.17) is 4.42 Å². The third-order valence-electron chi connectivity index (χ3n) is 3.29. The first kappa shape index (κ1) is 14.1. The molecule has 0 radical (unpaired) electrons. The molecule has 3 aromatic rings. The molecule has 0 fully saturated rings. The highest BCUT2D eigenvalue weighted by molar-refractivity contribution is 5.91. The van der Waals surface area contributed by atoms with Gasteiger partial charge in [-0.3, -0.25) is 4.79 Å². The van der Waals surface area contributed by atoms with Gasteiger partial charge in [0.2, 0.25) is 5.91 Å². The summed E-state index contributed by atoms with van der Waals surface area (Å²) in [5.74, 6) is 0.516. The molecule has 112 valence electrons. The Morgan fingerprint density at radius 1 is 1.45 bits per heavy atom. The average molecular weight is 295 g/mol. The molecule has 5 heteroatoms. The first-order chi connectivity index (χ1) is 10.7. The summed E-state index contributed by atoms with van der Waals surface area (Å²) in [4.78, 5) is 16.2. The van der Waals surface area contributed by atoms with Crippen molar-refractivity contribution in [3.8, 4) is 0 Å². The lowest BCUT2D eigenvalue weighted by Gasteiger charge is -1.99. The Morgan fingerprint density at radius 3 is 3.18 bits per heavy atom. The molecule has 0 aliphatic carbocycles. The van der Waals surface area contributed by atoms with Gasteiger partial charge in [-0.05, 0) is 42.8 Å².